The molecule has 1 amide bonds. The first-order valence-electron chi connectivity index (χ1n) is 9.99. The Morgan fingerprint density at radius 3 is 2.69 bits per heavy atom. The zero-order chi connectivity index (χ0) is 20.2. The van der Waals surface area contributed by atoms with Gasteiger partial charge in [-0.05, 0) is 55.2 Å². The number of aryl methyl sites for hydroxylation is 1. The van der Waals surface area contributed by atoms with Gasteiger partial charge in [-0.3, -0.25) is 9.59 Å². The first-order valence-corrected chi connectivity index (χ1v) is 9.99. The van der Waals surface area contributed by atoms with Crippen LogP contribution in [0.4, 0.5) is 5.69 Å². The lowest BCUT2D eigenvalue weighted by Gasteiger charge is -2.18. The minimum Gasteiger partial charge on any atom is -0.371 e. The number of rotatable bonds is 5. The number of nitrogens with zero attached hydrogens (tertiary/aromatic N) is 1. The van der Waals surface area contributed by atoms with Crippen LogP contribution in [0.1, 0.15) is 22.3 Å². The summed E-state index contributed by atoms with van der Waals surface area (Å²) in [6.45, 7) is 4.47. The van der Waals surface area contributed by atoms with E-state index < -0.39 is 0 Å². The minimum atomic E-state index is -0.362. The Kier molecular flexibility index (Phi) is 5.47. The molecule has 0 aliphatic carbocycles. The van der Waals surface area contributed by atoms with Gasteiger partial charge >= 0.3 is 0 Å². The van der Waals surface area contributed by atoms with E-state index in [1.165, 1.54) is 5.69 Å². The summed E-state index contributed by atoms with van der Waals surface area (Å²) in [6, 6.07) is 21.6. The maximum atomic E-state index is 12.5. The van der Waals surface area contributed by atoms with Gasteiger partial charge in [0.05, 0.1) is 0 Å². The van der Waals surface area contributed by atoms with Crippen molar-refractivity contribution in [1.82, 2.24) is 10.3 Å². The Balaban J connectivity index is 1.37. The molecule has 4 rings (SSSR count). The highest BCUT2D eigenvalue weighted by Gasteiger charge is 2.23. The van der Waals surface area contributed by atoms with Gasteiger partial charge in [0.2, 0.25) is 0 Å². The third kappa shape index (κ3) is 4.40. The number of pyridine rings is 1. The van der Waals surface area contributed by atoms with Gasteiger partial charge in [0.25, 0.3) is 11.5 Å². The Hall–Kier alpha value is -3.34. The van der Waals surface area contributed by atoms with E-state index in [9.17, 15) is 9.59 Å². The molecule has 5 nitrogen and oxygen atoms in total. The summed E-state index contributed by atoms with van der Waals surface area (Å²) in [7, 11) is 0. The van der Waals surface area contributed by atoms with Crippen molar-refractivity contribution in [3.63, 3.8) is 0 Å². The molecular formula is C24H25N3O2. The molecule has 1 fully saturated rings. The highest BCUT2D eigenvalue weighted by molar-refractivity contribution is 5.94. The van der Waals surface area contributed by atoms with Crippen LogP contribution in [-0.2, 0) is 0 Å². The standard InChI is InChI=1S/C24H25N3O2/c1-17-6-5-7-19(14-17)22-11-10-21(24(29)26-22)23(28)25-15-18-12-13-27(16-18)20-8-3-2-4-9-20/h2-11,14,18H,12-13,15-16H2,1H3,(H,25,28)(H,26,29). The average Bonchev–Trinajstić information content (AvgIpc) is 3.22. The van der Waals surface area contributed by atoms with Crippen molar-refractivity contribution in [1.29, 1.82) is 0 Å². The number of anilines is 1. The quantitative estimate of drug-likeness (QED) is 0.703. The van der Waals surface area contributed by atoms with Gasteiger partial charge in [0.15, 0.2) is 0 Å². The van der Waals surface area contributed by atoms with E-state index in [0.29, 0.717) is 18.2 Å². The summed E-state index contributed by atoms with van der Waals surface area (Å²) >= 11 is 0. The Bertz CT molecular complexity index is 1060. The Morgan fingerprint density at radius 1 is 1.10 bits per heavy atom. The minimum absolute atomic E-state index is 0.152. The first kappa shape index (κ1) is 19.0. The lowest BCUT2D eigenvalue weighted by molar-refractivity contribution is 0.0947. The van der Waals surface area contributed by atoms with Crippen molar-refractivity contribution in [2.24, 2.45) is 5.92 Å². The molecule has 0 spiro atoms. The number of hydrogen-bond donors (Lipinski definition) is 2. The molecule has 2 aromatic carbocycles. The van der Waals surface area contributed by atoms with Gasteiger partial charge in [0, 0.05) is 31.0 Å². The molecule has 0 saturated carbocycles. The number of benzene rings is 2. The molecular weight excluding hydrogens is 362 g/mol. The highest BCUT2D eigenvalue weighted by atomic mass is 16.2. The third-order valence-electron chi connectivity index (χ3n) is 5.44. The number of amides is 1. The van der Waals surface area contributed by atoms with Crippen LogP contribution in [0.3, 0.4) is 0 Å². The fourth-order valence-corrected chi connectivity index (χ4v) is 3.84. The number of carbonyl (C=O) groups is 1. The van der Waals surface area contributed by atoms with Gasteiger partial charge in [-0.1, -0.05) is 42.0 Å². The van der Waals surface area contributed by atoms with Crippen LogP contribution in [0.25, 0.3) is 11.3 Å². The molecule has 29 heavy (non-hydrogen) atoms. The second-order valence-electron chi connectivity index (χ2n) is 7.63. The largest absolute Gasteiger partial charge is 0.371 e. The maximum absolute atomic E-state index is 12.5. The predicted octanol–water partition coefficient (Wildman–Crippen LogP) is 3.61. The summed E-state index contributed by atoms with van der Waals surface area (Å²) in [5.74, 6) is 0.0602. The van der Waals surface area contributed by atoms with Crippen molar-refractivity contribution < 1.29 is 4.79 Å². The monoisotopic (exact) mass is 387 g/mol. The van der Waals surface area contributed by atoms with E-state index in [4.69, 9.17) is 0 Å². The smallest absolute Gasteiger partial charge is 0.261 e. The number of para-hydroxylation sites is 1. The fourth-order valence-electron chi connectivity index (χ4n) is 3.84. The van der Waals surface area contributed by atoms with Gasteiger partial charge in [-0.25, -0.2) is 0 Å². The summed E-state index contributed by atoms with van der Waals surface area (Å²) in [6.07, 6.45) is 1.03. The van der Waals surface area contributed by atoms with E-state index in [1.807, 2.05) is 49.4 Å². The molecule has 1 aromatic heterocycles. The molecule has 0 radical (unpaired) electrons. The normalized spacial score (nSPS) is 16.0. The molecule has 1 unspecified atom stereocenters. The maximum Gasteiger partial charge on any atom is 0.261 e. The van der Waals surface area contributed by atoms with Gasteiger partial charge in [-0.15, -0.1) is 0 Å². The van der Waals surface area contributed by atoms with Crippen LogP contribution in [0.15, 0.2) is 71.5 Å². The molecule has 1 atom stereocenters. The number of nitrogens with one attached hydrogen (secondary N) is 2. The van der Waals surface area contributed by atoms with E-state index >= 15 is 0 Å². The number of aromatic amines is 1. The van der Waals surface area contributed by atoms with Gasteiger partial charge in [-0.2, -0.15) is 0 Å². The topological polar surface area (TPSA) is 65.2 Å². The van der Waals surface area contributed by atoms with Gasteiger partial charge in [0.1, 0.15) is 5.56 Å². The average molecular weight is 387 g/mol. The van der Waals surface area contributed by atoms with Crippen molar-refractivity contribution in [2.45, 2.75) is 13.3 Å². The van der Waals surface area contributed by atoms with Crippen molar-refractivity contribution in [2.75, 3.05) is 24.5 Å². The van der Waals surface area contributed by atoms with Crippen LogP contribution in [0.5, 0.6) is 0 Å². The van der Waals surface area contributed by atoms with Crippen molar-refractivity contribution >= 4 is 11.6 Å². The van der Waals surface area contributed by atoms with E-state index in [2.05, 4.69) is 27.3 Å². The van der Waals surface area contributed by atoms with Crippen LogP contribution < -0.4 is 15.8 Å². The molecule has 3 aromatic rings. The molecule has 2 heterocycles. The summed E-state index contributed by atoms with van der Waals surface area (Å²) < 4.78 is 0. The number of H-pyrrole nitrogens is 1. The molecule has 2 N–H and O–H groups in total. The zero-order valence-electron chi connectivity index (χ0n) is 16.5. The van der Waals surface area contributed by atoms with Gasteiger partial charge < -0.3 is 15.2 Å². The molecule has 0 bridgehead atoms. The van der Waals surface area contributed by atoms with E-state index in [0.717, 1.165) is 30.6 Å². The summed E-state index contributed by atoms with van der Waals surface area (Å²) in [5.41, 5.74) is 3.76. The van der Waals surface area contributed by atoms with Crippen LogP contribution in [0, 0.1) is 12.8 Å². The predicted molar refractivity (Wildman–Crippen MR) is 116 cm³/mol. The van der Waals surface area contributed by atoms with Crippen molar-refractivity contribution in [3.05, 3.63) is 88.2 Å². The van der Waals surface area contributed by atoms with Crippen LogP contribution >= 0.6 is 0 Å². The van der Waals surface area contributed by atoms with E-state index in [1.54, 1.807) is 12.1 Å². The molecule has 1 aliphatic rings. The molecule has 1 aliphatic heterocycles. The Labute approximate surface area is 170 Å². The van der Waals surface area contributed by atoms with Crippen LogP contribution in [0.2, 0.25) is 0 Å². The third-order valence-corrected chi connectivity index (χ3v) is 5.44. The van der Waals surface area contributed by atoms with Crippen LogP contribution in [-0.4, -0.2) is 30.5 Å². The second-order valence-corrected chi connectivity index (χ2v) is 7.63. The highest BCUT2D eigenvalue weighted by Crippen LogP contribution is 2.23. The zero-order valence-corrected chi connectivity index (χ0v) is 16.5. The fraction of sp³-hybridized carbons (Fsp3) is 0.250. The second kappa shape index (κ2) is 8.35. The number of aromatic nitrogens is 1. The molecule has 1 saturated heterocycles. The number of carbonyl (C=O) groups excluding carboxylic acids is 1. The summed E-state index contributed by atoms with van der Waals surface area (Å²) in [5, 5.41) is 2.94. The lowest BCUT2D eigenvalue weighted by Crippen LogP contribution is -2.34. The van der Waals surface area contributed by atoms with Crippen molar-refractivity contribution in [3.8, 4) is 11.3 Å². The lowest BCUT2D eigenvalue weighted by atomic mass is 10.1. The molecule has 148 valence electrons. The molecule has 5 heteroatoms. The summed E-state index contributed by atoms with van der Waals surface area (Å²) in [4.78, 5) is 30.1. The first-order chi connectivity index (χ1) is 14.1. The SMILES string of the molecule is Cc1cccc(-c2ccc(C(=O)NCC3CCN(c4ccccc4)C3)c(=O)[nH]2)c1. The van der Waals surface area contributed by atoms with E-state index in [-0.39, 0.29) is 17.0 Å². The number of hydrogen-bond acceptors (Lipinski definition) is 3. The Morgan fingerprint density at radius 2 is 1.93 bits per heavy atom.